The van der Waals surface area contributed by atoms with Crippen molar-refractivity contribution in [3.05, 3.63) is 56.7 Å². The lowest BCUT2D eigenvalue weighted by molar-refractivity contribution is 0.646. The number of thiophene rings is 1. The van der Waals surface area contributed by atoms with Gasteiger partial charge in [0.2, 0.25) is 0 Å². The highest BCUT2D eigenvalue weighted by molar-refractivity contribution is 7.10. The van der Waals surface area contributed by atoms with Crippen molar-refractivity contribution in [3.8, 4) is 0 Å². The van der Waals surface area contributed by atoms with Gasteiger partial charge in [-0.25, -0.2) is 5.43 Å². The first kappa shape index (κ1) is 13.6. The van der Waals surface area contributed by atoms with Gasteiger partial charge in [0.1, 0.15) is 0 Å². The Balaban J connectivity index is 2.31. The molecule has 4 heteroatoms. The van der Waals surface area contributed by atoms with Crippen LogP contribution in [0.5, 0.6) is 0 Å². The number of hydrogen-bond donors (Lipinski definition) is 2. The van der Waals surface area contributed by atoms with Crippen molar-refractivity contribution >= 4 is 22.9 Å². The molecule has 2 rings (SSSR count). The first-order valence-electron chi connectivity index (χ1n) is 5.92. The summed E-state index contributed by atoms with van der Waals surface area (Å²) in [7, 11) is 0. The molecule has 18 heavy (non-hydrogen) atoms. The van der Waals surface area contributed by atoms with Crippen LogP contribution in [-0.2, 0) is 0 Å². The molecule has 1 aromatic carbocycles. The maximum absolute atomic E-state index is 6.16. The van der Waals surface area contributed by atoms with Gasteiger partial charge in [0.25, 0.3) is 0 Å². The van der Waals surface area contributed by atoms with Crippen LogP contribution in [0.3, 0.4) is 0 Å². The molecule has 0 saturated carbocycles. The third-order valence-electron chi connectivity index (χ3n) is 3.01. The Kier molecular flexibility index (Phi) is 4.40. The number of nitrogens with one attached hydrogen (secondary N) is 1. The fourth-order valence-electron chi connectivity index (χ4n) is 1.91. The van der Waals surface area contributed by atoms with Crippen LogP contribution < -0.4 is 11.3 Å². The van der Waals surface area contributed by atoms with Gasteiger partial charge in [0.15, 0.2) is 0 Å². The number of rotatable bonds is 4. The molecule has 0 aliphatic heterocycles. The van der Waals surface area contributed by atoms with E-state index in [1.54, 1.807) is 11.3 Å². The van der Waals surface area contributed by atoms with Crippen LogP contribution in [0.25, 0.3) is 0 Å². The van der Waals surface area contributed by atoms with Gasteiger partial charge in [-0.2, -0.15) is 0 Å². The van der Waals surface area contributed by atoms with Crippen molar-refractivity contribution in [2.75, 3.05) is 0 Å². The minimum absolute atomic E-state index is 0.0429. The molecule has 0 fully saturated rings. The van der Waals surface area contributed by atoms with E-state index >= 15 is 0 Å². The van der Waals surface area contributed by atoms with Crippen LogP contribution >= 0.6 is 22.9 Å². The van der Waals surface area contributed by atoms with E-state index < -0.39 is 0 Å². The molecule has 0 aliphatic carbocycles. The molecule has 0 aliphatic rings. The monoisotopic (exact) mass is 280 g/mol. The largest absolute Gasteiger partial charge is 0.271 e. The topological polar surface area (TPSA) is 38.0 Å². The molecule has 1 atom stereocenters. The molecule has 0 bridgehead atoms. The van der Waals surface area contributed by atoms with Crippen molar-refractivity contribution < 1.29 is 0 Å². The van der Waals surface area contributed by atoms with Crippen LogP contribution in [0.2, 0.25) is 5.02 Å². The lowest BCUT2D eigenvalue weighted by Gasteiger charge is -2.16. The Labute approximate surface area is 117 Å². The lowest BCUT2D eigenvalue weighted by Crippen LogP contribution is -2.28. The fraction of sp³-hybridized carbons (Fsp3) is 0.286. The minimum atomic E-state index is -0.0429. The molecule has 2 aromatic rings. The summed E-state index contributed by atoms with van der Waals surface area (Å²) in [4.78, 5) is 1.05. The number of nitrogens with two attached hydrogens (primary N) is 1. The summed E-state index contributed by atoms with van der Waals surface area (Å²) in [5.74, 6) is 6.20. The van der Waals surface area contributed by atoms with Crippen molar-refractivity contribution in [1.29, 1.82) is 0 Å². The smallest absolute Gasteiger partial charge is 0.0817 e. The van der Waals surface area contributed by atoms with E-state index in [1.807, 2.05) is 11.4 Å². The summed E-state index contributed by atoms with van der Waals surface area (Å²) < 4.78 is 0. The molecule has 0 saturated heterocycles. The van der Waals surface area contributed by atoms with E-state index in [0.29, 0.717) is 5.92 Å². The summed E-state index contributed by atoms with van der Waals surface area (Å²) in [6, 6.07) is 10.4. The second kappa shape index (κ2) is 5.85. The Morgan fingerprint density at radius 3 is 2.17 bits per heavy atom. The van der Waals surface area contributed by atoms with Gasteiger partial charge in [-0.15, -0.1) is 11.3 Å². The average molecular weight is 281 g/mol. The third kappa shape index (κ3) is 2.75. The second-order valence-electron chi connectivity index (χ2n) is 4.55. The summed E-state index contributed by atoms with van der Waals surface area (Å²) >= 11 is 7.77. The van der Waals surface area contributed by atoms with Crippen molar-refractivity contribution in [3.63, 3.8) is 0 Å². The third-order valence-corrected chi connectivity index (χ3v) is 4.43. The van der Waals surface area contributed by atoms with Crippen LogP contribution in [0, 0.1) is 0 Å². The quantitative estimate of drug-likeness (QED) is 0.654. The zero-order chi connectivity index (χ0) is 13.1. The standard InChI is InChI=1S/C14H17ClN2S/c1-9(2)10-3-5-11(6-4-10)13(17-16)14-12(15)7-8-18-14/h3-9,13,17H,16H2,1-2H3. The van der Waals surface area contributed by atoms with Crippen LogP contribution in [0.1, 0.15) is 41.8 Å². The van der Waals surface area contributed by atoms with Gasteiger partial charge >= 0.3 is 0 Å². The predicted molar refractivity (Wildman–Crippen MR) is 79.0 cm³/mol. The van der Waals surface area contributed by atoms with Crippen molar-refractivity contribution in [2.24, 2.45) is 5.84 Å². The first-order valence-corrected chi connectivity index (χ1v) is 7.18. The van der Waals surface area contributed by atoms with Gasteiger partial charge in [0.05, 0.1) is 11.1 Å². The maximum Gasteiger partial charge on any atom is 0.0817 e. The predicted octanol–water partition coefficient (Wildman–Crippen LogP) is 4.08. The summed E-state index contributed by atoms with van der Waals surface area (Å²) in [5.41, 5.74) is 5.29. The molecule has 0 spiro atoms. The highest BCUT2D eigenvalue weighted by atomic mass is 35.5. The maximum atomic E-state index is 6.16. The first-order chi connectivity index (χ1) is 8.63. The van der Waals surface area contributed by atoms with E-state index in [0.717, 1.165) is 15.5 Å². The molecule has 3 N–H and O–H groups in total. The summed E-state index contributed by atoms with van der Waals surface area (Å²) in [6.45, 7) is 4.37. The summed E-state index contributed by atoms with van der Waals surface area (Å²) in [5, 5.41) is 2.74. The second-order valence-corrected chi connectivity index (χ2v) is 5.91. The molecular formula is C14H17ClN2S. The van der Waals surface area contributed by atoms with Gasteiger partial charge in [-0.1, -0.05) is 49.7 Å². The highest BCUT2D eigenvalue weighted by Crippen LogP contribution is 2.32. The average Bonchev–Trinajstić information content (AvgIpc) is 2.78. The molecule has 2 nitrogen and oxygen atoms in total. The Hall–Kier alpha value is -0.870. The molecule has 0 radical (unpaired) electrons. The number of hydrazine groups is 1. The van der Waals surface area contributed by atoms with Crippen LogP contribution in [-0.4, -0.2) is 0 Å². The van der Waals surface area contributed by atoms with Gasteiger partial charge in [0, 0.05) is 4.88 Å². The van der Waals surface area contributed by atoms with Gasteiger partial charge in [-0.3, -0.25) is 5.84 Å². The molecule has 1 aromatic heterocycles. The zero-order valence-electron chi connectivity index (χ0n) is 10.5. The number of hydrogen-bond acceptors (Lipinski definition) is 3. The highest BCUT2D eigenvalue weighted by Gasteiger charge is 2.16. The normalized spacial score (nSPS) is 12.9. The van der Waals surface area contributed by atoms with Crippen LogP contribution in [0.4, 0.5) is 0 Å². The van der Waals surface area contributed by atoms with Crippen molar-refractivity contribution in [1.82, 2.24) is 5.43 Å². The van der Waals surface area contributed by atoms with E-state index in [9.17, 15) is 0 Å². The number of halogens is 1. The van der Waals surface area contributed by atoms with E-state index in [1.165, 1.54) is 5.56 Å². The molecular weight excluding hydrogens is 264 g/mol. The SMILES string of the molecule is CC(C)c1ccc(C(NN)c2sccc2Cl)cc1. The number of benzene rings is 1. The van der Waals surface area contributed by atoms with E-state index in [-0.39, 0.29) is 6.04 Å². The van der Waals surface area contributed by atoms with Gasteiger partial charge in [-0.05, 0) is 28.5 Å². The minimum Gasteiger partial charge on any atom is -0.271 e. The van der Waals surface area contributed by atoms with Crippen molar-refractivity contribution in [2.45, 2.75) is 25.8 Å². The Morgan fingerprint density at radius 2 is 1.72 bits per heavy atom. The van der Waals surface area contributed by atoms with Gasteiger partial charge < -0.3 is 0 Å². The Morgan fingerprint density at radius 1 is 1.11 bits per heavy atom. The molecule has 96 valence electrons. The zero-order valence-corrected chi connectivity index (χ0v) is 12.1. The van der Waals surface area contributed by atoms with E-state index in [2.05, 4.69) is 43.5 Å². The molecule has 1 heterocycles. The fourth-order valence-corrected chi connectivity index (χ4v) is 3.16. The lowest BCUT2D eigenvalue weighted by atomic mass is 9.99. The molecule has 1 unspecified atom stereocenters. The molecule has 0 amide bonds. The van der Waals surface area contributed by atoms with E-state index in [4.69, 9.17) is 17.4 Å². The van der Waals surface area contributed by atoms with Crippen LogP contribution in [0.15, 0.2) is 35.7 Å². The Bertz CT molecular complexity index is 505. The summed E-state index contributed by atoms with van der Waals surface area (Å²) in [6.07, 6.45) is 0.